The van der Waals surface area contributed by atoms with E-state index in [9.17, 15) is 14.4 Å². The molecule has 32 heavy (non-hydrogen) atoms. The smallest absolute Gasteiger partial charge is 0.242 e. The zero-order valence-corrected chi connectivity index (χ0v) is 18.5. The van der Waals surface area contributed by atoms with Crippen LogP contribution in [0.2, 0.25) is 0 Å². The van der Waals surface area contributed by atoms with Gasteiger partial charge in [-0.25, -0.2) is 0 Å². The molecule has 2 aliphatic rings. The highest BCUT2D eigenvalue weighted by atomic mass is 16.5. The highest BCUT2D eigenvalue weighted by Gasteiger charge is 2.38. The van der Waals surface area contributed by atoms with Gasteiger partial charge in [0.15, 0.2) is 0 Å². The molecule has 2 aliphatic heterocycles. The van der Waals surface area contributed by atoms with Crippen LogP contribution in [0.1, 0.15) is 50.5 Å². The van der Waals surface area contributed by atoms with Crippen LogP contribution >= 0.6 is 0 Å². The van der Waals surface area contributed by atoms with Crippen LogP contribution in [0, 0.1) is 0 Å². The first-order chi connectivity index (χ1) is 15.5. The van der Waals surface area contributed by atoms with Crippen molar-refractivity contribution in [1.82, 2.24) is 16.0 Å². The number of nitrogens with one attached hydrogen (secondary N) is 3. The molecule has 0 aromatic heterocycles. The summed E-state index contributed by atoms with van der Waals surface area (Å²) in [6.07, 6.45) is 5.08. The minimum absolute atomic E-state index is 0.0198. The Morgan fingerprint density at radius 3 is 2.72 bits per heavy atom. The third-order valence-corrected chi connectivity index (χ3v) is 6.66. The first kappa shape index (κ1) is 22.1. The van der Waals surface area contributed by atoms with Gasteiger partial charge in [0, 0.05) is 30.3 Å². The molecule has 0 bridgehead atoms. The van der Waals surface area contributed by atoms with Crippen LogP contribution in [0.4, 0.5) is 0 Å². The van der Waals surface area contributed by atoms with E-state index in [4.69, 9.17) is 4.74 Å². The number of carbonyl (C=O) groups excluding carboxylic acids is 3. The summed E-state index contributed by atoms with van der Waals surface area (Å²) in [6, 6.07) is 11.6. The fraction of sp³-hybridized carbons (Fsp3) is 0.480. The molecule has 3 N–H and O–H groups in total. The maximum Gasteiger partial charge on any atom is 0.242 e. The Hall–Kier alpha value is -3.09. The topological polar surface area (TPSA) is 96.5 Å². The molecule has 4 rings (SSSR count). The number of hydrogen-bond acceptors (Lipinski definition) is 4. The number of ether oxygens (including phenoxy) is 1. The summed E-state index contributed by atoms with van der Waals surface area (Å²) in [6.45, 7) is 0.663. The second-order valence-corrected chi connectivity index (χ2v) is 8.88. The summed E-state index contributed by atoms with van der Waals surface area (Å²) in [7, 11) is 1.66. The minimum atomic E-state index is -0.475. The molecule has 2 heterocycles. The molecule has 0 aliphatic carbocycles. The van der Waals surface area contributed by atoms with E-state index in [-0.39, 0.29) is 24.1 Å². The van der Waals surface area contributed by atoms with Gasteiger partial charge < -0.3 is 20.7 Å². The van der Waals surface area contributed by atoms with E-state index in [1.807, 2.05) is 30.3 Å². The first-order valence-electron chi connectivity index (χ1n) is 11.4. The van der Waals surface area contributed by atoms with Crippen LogP contribution in [0.5, 0.6) is 5.75 Å². The van der Waals surface area contributed by atoms with Crippen LogP contribution in [0.3, 0.4) is 0 Å². The molecule has 0 saturated carbocycles. The number of rotatable bonds is 7. The van der Waals surface area contributed by atoms with Crippen molar-refractivity contribution in [1.29, 1.82) is 0 Å². The van der Waals surface area contributed by atoms with Crippen LogP contribution in [-0.2, 0) is 20.8 Å². The molecule has 7 nitrogen and oxygen atoms in total. The lowest BCUT2D eigenvalue weighted by atomic mass is 9.83. The molecule has 7 heteroatoms. The zero-order chi connectivity index (χ0) is 22.6. The van der Waals surface area contributed by atoms with Gasteiger partial charge >= 0.3 is 0 Å². The largest absolute Gasteiger partial charge is 0.496 e. The van der Waals surface area contributed by atoms with Crippen molar-refractivity contribution in [3.8, 4) is 5.75 Å². The highest BCUT2D eigenvalue weighted by Crippen LogP contribution is 2.34. The summed E-state index contributed by atoms with van der Waals surface area (Å²) in [5, 5.41) is 11.0. The summed E-state index contributed by atoms with van der Waals surface area (Å²) < 4.78 is 5.51. The number of carbonyl (C=O) groups is 3. The number of amides is 3. The summed E-state index contributed by atoms with van der Waals surface area (Å²) in [4.78, 5) is 37.0. The Bertz CT molecular complexity index is 1020. The Morgan fingerprint density at radius 2 is 1.97 bits per heavy atom. The molecule has 0 spiro atoms. The predicted octanol–water partition coefficient (Wildman–Crippen LogP) is 2.60. The Balaban J connectivity index is 1.49. The molecule has 2 aromatic carbocycles. The van der Waals surface area contributed by atoms with Crippen LogP contribution < -0.4 is 20.7 Å². The highest BCUT2D eigenvalue weighted by molar-refractivity contribution is 5.91. The number of benzene rings is 2. The second-order valence-electron chi connectivity index (χ2n) is 8.88. The van der Waals surface area contributed by atoms with Gasteiger partial charge in [0.25, 0.3) is 0 Å². The quantitative estimate of drug-likeness (QED) is 0.620. The van der Waals surface area contributed by atoms with Crippen molar-refractivity contribution in [3.05, 3.63) is 42.0 Å². The van der Waals surface area contributed by atoms with Gasteiger partial charge in [-0.1, -0.05) is 30.3 Å². The molecule has 170 valence electrons. The van der Waals surface area contributed by atoms with Gasteiger partial charge in [0.1, 0.15) is 11.8 Å². The standard InChI is InChI=1S/C25H31N3O4/c1-32-21-10-9-17(18-6-2-3-7-19(18)21)16-25(14-12-23(30)28-25)13-11-22(29)27-20-8-4-5-15-26-24(20)31/h2-3,6-7,9-10,20H,4-5,8,11-16H2,1H3,(H,26,31)(H,27,29)(H,28,30)/t20-,25?/m0/s1. The molecular weight excluding hydrogens is 406 g/mol. The molecule has 3 amide bonds. The van der Waals surface area contributed by atoms with Gasteiger partial charge in [-0.05, 0) is 55.5 Å². The monoisotopic (exact) mass is 437 g/mol. The van der Waals surface area contributed by atoms with Crippen molar-refractivity contribution in [2.45, 2.75) is 62.9 Å². The summed E-state index contributed by atoms with van der Waals surface area (Å²) in [5.74, 6) is 0.581. The Labute approximate surface area is 188 Å². The summed E-state index contributed by atoms with van der Waals surface area (Å²) in [5.41, 5.74) is 0.643. The summed E-state index contributed by atoms with van der Waals surface area (Å²) >= 11 is 0. The van der Waals surface area contributed by atoms with E-state index >= 15 is 0 Å². The van der Waals surface area contributed by atoms with Gasteiger partial charge in [0.2, 0.25) is 17.7 Å². The molecule has 2 fully saturated rings. The molecule has 1 unspecified atom stereocenters. The Kier molecular flexibility index (Phi) is 6.63. The zero-order valence-electron chi connectivity index (χ0n) is 18.5. The molecule has 0 radical (unpaired) electrons. The number of hydrogen-bond donors (Lipinski definition) is 3. The first-order valence-corrected chi connectivity index (χ1v) is 11.4. The van der Waals surface area contributed by atoms with E-state index in [1.54, 1.807) is 7.11 Å². The lowest BCUT2D eigenvalue weighted by Gasteiger charge is -2.30. The SMILES string of the molecule is COc1ccc(CC2(CCC(=O)N[C@H]3CCCCNC3=O)CCC(=O)N2)c2ccccc12. The third kappa shape index (κ3) is 4.87. The van der Waals surface area contributed by atoms with E-state index < -0.39 is 11.6 Å². The van der Waals surface area contributed by atoms with Crippen molar-refractivity contribution >= 4 is 28.5 Å². The average molecular weight is 438 g/mol. The van der Waals surface area contributed by atoms with E-state index in [0.717, 1.165) is 34.9 Å². The maximum atomic E-state index is 12.7. The molecular formula is C25H31N3O4. The van der Waals surface area contributed by atoms with Crippen molar-refractivity contribution < 1.29 is 19.1 Å². The predicted molar refractivity (Wildman–Crippen MR) is 122 cm³/mol. The van der Waals surface area contributed by atoms with Crippen LogP contribution in [-0.4, -0.2) is 43.0 Å². The molecule has 2 atom stereocenters. The third-order valence-electron chi connectivity index (χ3n) is 6.66. The normalized spacial score (nSPS) is 23.3. The van der Waals surface area contributed by atoms with E-state index in [1.165, 1.54) is 0 Å². The number of fused-ring (bicyclic) bond motifs is 1. The molecule has 2 aromatic rings. The van der Waals surface area contributed by atoms with Gasteiger partial charge in [-0.3, -0.25) is 14.4 Å². The minimum Gasteiger partial charge on any atom is -0.496 e. The number of methoxy groups -OCH3 is 1. The average Bonchev–Trinajstić information content (AvgIpc) is 3.05. The van der Waals surface area contributed by atoms with Crippen molar-refractivity contribution in [3.63, 3.8) is 0 Å². The Morgan fingerprint density at radius 1 is 1.16 bits per heavy atom. The molecule has 2 saturated heterocycles. The lowest BCUT2D eigenvalue weighted by molar-refractivity contribution is -0.129. The van der Waals surface area contributed by atoms with Gasteiger partial charge in [0.05, 0.1) is 7.11 Å². The van der Waals surface area contributed by atoms with Crippen LogP contribution in [0.15, 0.2) is 36.4 Å². The van der Waals surface area contributed by atoms with Crippen molar-refractivity contribution in [2.75, 3.05) is 13.7 Å². The van der Waals surface area contributed by atoms with E-state index in [2.05, 4.69) is 22.0 Å². The lowest BCUT2D eigenvalue weighted by Crippen LogP contribution is -2.47. The fourth-order valence-corrected chi connectivity index (χ4v) is 4.91. The van der Waals surface area contributed by atoms with Gasteiger partial charge in [-0.2, -0.15) is 0 Å². The van der Waals surface area contributed by atoms with Crippen molar-refractivity contribution in [2.24, 2.45) is 0 Å². The van der Waals surface area contributed by atoms with E-state index in [0.29, 0.717) is 38.6 Å². The maximum absolute atomic E-state index is 12.7. The van der Waals surface area contributed by atoms with Crippen LogP contribution in [0.25, 0.3) is 10.8 Å². The fourth-order valence-electron chi connectivity index (χ4n) is 4.91. The van der Waals surface area contributed by atoms with Gasteiger partial charge in [-0.15, -0.1) is 0 Å². The second kappa shape index (κ2) is 9.59.